The van der Waals surface area contributed by atoms with Gasteiger partial charge >= 0.3 is 0 Å². The summed E-state index contributed by atoms with van der Waals surface area (Å²) in [6.07, 6.45) is 0. The minimum absolute atomic E-state index is 0.196. The van der Waals surface area contributed by atoms with Gasteiger partial charge in [0, 0.05) is 46.9 Å². The summed E-state index contributed by atoms with van der Waals surface area (Å²) in [4.78, 5) is 18.1. The summed E-state index contributed by atoms with van der Waals surface area (Å²) in [7, 11) is 4.70. The van der Waals surface area contributed by atoms with E-state index in [-0.39, 0.29) is 5.91 Å². The smallest absolute Gasteiger partial charge is 0.251 e. The van der Waals surface area contributed by atoms with E-state index < -0.39 is 0 Å². The monoisotopic (exact) mass is 718 g/mol. The van der Waals surface area contributed by atoms with Crippen LogP contribution in [0.25, 0.3) is 33.9 Å². The first-order chi connectivity index (χ1) is 24.4. The van der Waals surface area contributed by atoms with Crippen LogP contribution in [0.1, 0.15) is 15.9 Å². The number of carbonyl (C=O) groups excluding carboxylic acids is 1. The average molecular weight is 720 g/mol. The molecule has 0 spiro atoms. The molecule has 1 heterocycles. The van der Waals surface area contributed by atoms with Gasteiger partial charge in [0.1, 0.15) is 5.82 Å². The summed E-state index contributed by atoms with van der Waals surface area (Å²) in [5.74, 6) is 1.85. The lowest BCUT2D eigenvalue weighted by molar-refractivity contribution is 0.0511. The number of nitrogens with zero attached hydrogens (tertiary/aromatic N) is 2. The van der Waals surface area contributed by atoms with Gasteiger partial charge in [-0.25, -0.2) is 4.98 Å². The van der Waals surface area contributed by atoms with Crippen molar-refractivity contribution in [2.45, 2.75) is 6.54 Å². The number of aromatic nitrogens is 2. The second-order valence-electron chi connectivity index (χ2n) is 11.1. The highest BCUT2D eigenvalue weighted by Crippen LogP contribution is 2.45. The fourth-order valence-electron chi connectivity index (χ4n) is 5.49. The Morgan fingerprint density at radius 2 is 1.38 bits per heavy atom. The Bertz CT molecular complexity index is 1870. The molecule has 10 nitrogen and oxygen atoms in total. The molecule has 0 aliphatic carbocycles. The predicted molar refractivity (Wildman–Crippen MR) is 197 cm³/mol. The van der Waals surface area contributed by atoms with Crippen molar-refractivity contribution in [3.63, 3.8) is 0 Å². The summed E-state index contributed by atoms with van der Waals surface area (Å²) in [6, 6.07) is 26.3. The Labute approximate surface area is 302 Å². The van der Waals surface area contributed by atoms with E-state index in [2.05, 4.69) is 9.88 Å². The van der Waals surface area contributed by atoms with E-state index in [1.807, 2.05) is 72.8 Å². The standard InChI is InChI=1S/C38H40Cl2N4O6/c1-46-32-22-27(23-33(47-2)36(32)48-3)37-43-34(28-8-4-6-10-30(28)39)35(29-9-5-7-11-31(29)40)44(37)24-25-12-14-26(15-13-25)38(45)42-17-19-50-21-20-49-18-16-41/h4-15,22-23H,16-21,24,41H2,1-3H3,(H,42,45). The van der Waals surface area contributed by atoms with Gasteiger partial charge in [0.2, 0.25) is 5.75 Å². The van der Waals surface area contributed by atoms with Crippen molar-refractivity contribution < 1.29 is 28.5 Å². The van der Waals surface area contributed by atoms with Gasteiger partial charge in [-0.2, -0.15) is 0 Å². The Hall–Kier alpha value is -4.58. The number of benzene rings is 4. The van der Waals surface area contributed by atoms with E-state index >= 15 is 0 Å². The number of hydrogen-bond acceptors (Lipinski definition) is 8. The number of nitrogens with two attached hydrogens (primary N) is 1. The van der Waals surface area contributed by atoms with Crippen LogP contribution >= 0.6 is 23.2 Å². The van der Waals surface area contributed by atoms with Crippen molar-refractivity contribution >= 4 is 29.1 Å². The first kappa shape index (κ1) is 36.7. The summed E-state index contributed by atoms with van der Waals surface area (Å²) in [5, 5.41) is 3.99. The molecule has 3 N–H and O–H groups in total. The van der Waals surface area contributed by atoms with Crippen LogP contribution in [-0.2, 0) is 16.0 Å². The first-order valence-electron chi connectivity index (χ1n) is 16.0. The molecule has 12 heteroatoms. The van der Waals surface area contributed by atoms with E-state index in [1.165, 1.54) is 0 Å². The van der Waals surface area contributed by atoms with Gasteiger partial charge in [0.05, 0.1) is 64.2 Å². The molecular formula is C38H40Cl2N4O6. The molecule has 4 aromatic carbocycles. The van der Waals surface area contributed by atoms with E-state index in [0.29, 0.717) is 90.4 Å². The number of imidazole rings is 1. The molecule has 5 rings (SSSR count). The Morgan fingerprint density at radius 3 is 1.96 bits per heavy atom. The number of rotatable bonds is 17. The molecule has 0 unspecified atom stereocenters. The number of ether oxygens (including phenoxy) is 5. The molecule has 50 heavy (non-hydrogen) atoms. The predicted octanol–water partition coefficient (Wildman–Crippen LogP) is 6.99. The Balaban J connectivity index is 1.54. The molecule has 262 valence electrons. The van der Waals surface area contributed by atoms with Gasteiger partial charge < -0.3 is 39.3 Å². The third kappa shape index (κ3) is 8.58. The number of amides is 1. The zero-order valence-electron chi connectivity index (χ0n) is 28.2. The highest BCUT2D eigenvalue weighted by Gasteiger charge is 2.26. The maximum Gasteiger partial charge on any atom is 0.251 e. The van der Waals surface area contributed by atoms with Crippen LogP contribution in [0.2, 0.25) is 10.0 Å². The molecule has 0 atom stereocenters. The largest absolute Gasteiger partial charge is 0.493 e. The van der Waals surface area contributed by atoms with Gasteiger partial charge in [-0.15, -0.1) is 0 Å². The lowest BCUT2D eigenvalue weighted by Crippen LogP contribution is -2.27. The minimum Gasteiger partial charge on any atom is -0.493 e. The van der Waals surface area contributed by atoms with Crippen molar-refractivity contribution in [2.75, 3.05) is 60.8 Å². The third-order valence-corrected chi connectivity index (χ3v) is 8.53. The summed E-state index contributed by atoms with van der Waals surface area (Å²) < 4.78 is 29.9. The molecule has 0 saturated heterocycles. The van der Waals surface area contributed by atoms with Crippen LogP contribution in [0, 0.1) is 0 Å². The third-order valence-electron chi connectivity index (χ3n) is 7.87. The molecule has 0 radical (unpaired) electrons. The second-order valence-corrected chi connectivity index (χ2v) is 11.9. The van der Waals surface area contributed by atoms with Crippen molar-refractivity contribution in [3.05, 3.63) is 106 Å². The summed E-state index contributed by atoms with van der Waals surface area (Å²) in [6.45, 7) is 2.99. The van der Waals surface area contributed by atoms with Crippen LogP contribution in [0.3, 0.4) is 0 Å². The Kier molecular flexibility index (Phi) is 13.1. The highest BCUT2D eigenvalue weighted by atomic mass is 35.5. The molecule has 0 saturated carbocycles. The zero-order chi connectivity index (χ0) is 35.5. The van der Waals surface area contributed by atoms with Crippen LogP contribution < -0.4 is 25.3 Å². The zero-order valence-corrected chi connectivity index (χ0v) is 29.7. The lowest BCUT2D eigenvalue weighted by Gasteiger charge is -2.17. The van der Waals surface area contributed by atoms with Crippen LogP contribution in [0.5, 0.6) is 17.2 Å². The molecule has 0 aliphatic heterocycles. The summed E-state index contributed by atoms with van der Waals surface area (Å²) in [5.41, 5.74) is 10.5. The van der Waals surface area contributed by atoms with Gasteiger partial charge in [-0.05, 0) is 42.0 Å². The maximum absolute atomic E-state index is 12.9. The molecule has 0 fully saturated rings. The average Bonchev–Trinajstić information content (AvgIpc) is 3.50. The van der Waals surface area contributed by atoms with E-state index in [4.69, 9.17) is 57.6 Å². The van der Waals surface area contributed by atoms with Gasteiger partial charge in [0.15, 0.2) is 11.5 Å². The van der Waals surface area contributed by atoms with Gasteiger partial charge in [0.25, 0.3) is 5.91 Å². The SMILES string of the molecule is COc1cc(-c2nc(-c3ccccc3Cl)c(-c3ccccc3Cl)n2Cc2ccc(C(=O)NCCOCCOCCN)cc2)cc(OC)c1OC. The van der Waals surface area contributed by atoms with E-state index in [1.54, 1.807) is 33.5 Å². The molecule has 1 amide bonds. The lowest BCUT2D eigenvalue weighted by atomic mass is 10.0. The number of halogens is 2. The maximum atomic E-state index is 12.9. The van der Waals surface area contributed by atoms with Crippen molar-refractivity contribution in [1.82, 2.24) is 14.9 Å². The van der Waals surface area contributed by atoms with Crippen LogP contribution in [0.4, 0.5) is 0 Å². The second kappa shape index (κ2) is 17.9. The van der Waals surface area contributed by atoms with Crippen molar-refractivity contribution in [3.8, 4) is 51.2 Å². The first-order valence-corrected chi connectivity index (χ1v) is 16.8. The van der Waals surface area contributed by atoms with Crippen molar-refractivity contribution in [1.29, 1.82) is 0 Å². The highest BCUT2D eigenvalue weighted by molar-refractivity contribution is 6.34. The van der Waals surface area contributed by atoms with Gasteiger partial charge in [-0.1, -0.05) is 71.7 Å². The normalized spacial score (nSPS) is 11.0. The molecule has 0 aliphatic rings. The topological polar surface area (TPSA) is 119 Å². The van der Waals surface area contributed by atoms with Crippen LogP contribution in [-0.4, -0.2) is 76.3 Å². The number of hydrogen-bond donors (Lipinski definition) is 2. The molecule has 0 bridgehead atoms. The minimum atomic E-state index is -0.196. The van der Waals surface area contributed by atoms with Gasteiger partial charge in [-0.3, -0.25) is 4.79 Å². The van der Waals surface area contributed by atoms with E-state index in [0.717, 1.165) is 27.9 Å². The summed E-state index contributed by atoms with van der Waals surface area (Å²) >= 11 is 13.7. The molecular weight excluding hydrogens is 679 g/mol. The fourth-order valence-corrected chi connectivity index (χ4v) is 5.94. The number of carbonyl (C=O) groups is 1. The molecule has 1 aromatic heterocycles. The van der Waals surface area contributed by atoms with Crippen molar-refractivity contribution in [2.24, 2.45) is 5.73 Å². The van der Waals surface area contributed by atoms with Crippen LogP contribution in [0.15, 0.2) is 84.9 Å². The quantitative estimate of drug-likeness (QED) is 0.0989. The number of methoxy groups -OCH3 is 3. The fraction of sp³-hybridized carbons (Fsp3) is 0.263. The number of nitrogens with one attached hydrogen (secondary N) is 1. The van der Waals surface area contributed by atoms with E-state index in [9.17, 15) is 4.79 Å². The molecule has 5 aromatic rings. The Morgan fingerprint density at radius 1 is 0.780 bits per heavy atom.